The molecule has 0 N–H and O–H groups in total. The highest BCUT2D eigenvalue weighted by Crippen LogP contribution is 2.41. The Morgan fingerprint density at radius 1 is 1.00 bits per heavy atom. The van der Waals surface area contributed by atoms with E-state index in [1.807, 2.05) is 0 Å². The Balaban J connectivity index is 0.000000575. The van der Waals surface area contributed by atoms with Crippen molar-refractivity contribution in [1.82, 2.24) is 0 Å². The van der Waals surface area contributed by atoms with Gasteiger partial charge in [0.2, 0.25) is 0 Å². The summed E-state index contributed by atoms with van der Waals surface area (Å²) in [6, 6.07) is 8.70. The third-order valence-electron chi connectivity index (χ3n) is 5.10. The van der Waals surface area contributed by atoms with Gasteiger partial charge in [-0.1, -0.05) is 26.0 Å². The van der Waals surface area contributed by atoms with Gasteiger partial charge < -0.3 is 4.90 Å². The van der Waals surface area contributed by atoms with Crippen LogP contribution in [0.5, 0.6) is 0 Å². The highest BCUT2D eigenvalue weighted by molar-refractivity contribution is 5.69. The topological polar surface area (TPSA) is 95.5 Å². The van der Waals surface area contributed by atoms with Gasteiger partial charge in [0, 0.05) is 37.0 Å². The fourth-order valence-corrected chi connectivity index (χ4v) is 3.50. The Morgan fingerprint density at radius 3 is 2.07 bits per heavy atom. The number of hydrogen-bond acceptors (Lipinski definition) is 5. The van der Waals surface area contributed by atoms with E-state index in [9.17, 15) is 0 Å². The summed E-state index contributed by atoms with van der Waals surface area (Å²) in [5, 5.41) is 0. The molecular weight excluding hydrogens is 402 g/mol. The SMILES string of the molecule is CC1=[C+]/C(=C\c2ccc(N(C)C)cc2)C2=C(C)C=CC(C(C)C)=CC12.[O-][Cl+3]([O-])([O-])[O-]. The summed E-state index contributed by atoms with van der Waals surface area (Å²) in [6.45, 7) is 8.95. The molecule has 160 valence electrons. The minimum Gasteiger partial charge on any atom is -0.378 e. The summed E-state index contributed by atoms with van der Waals surface area (Å²) in [5.74, 6) is 0.905. The summed E-state index contributed by atoms with van der Waals surface area (Å²) < 4.78 is 34.0. The van der Waals surface area contributed by atoms with Crippen molar-refractivity contribution in [3.8, 4) is 0 Å². The summed E-state index contributed by atoms with van der Waals surface area (Å²) >= 11 is 0. The molecule has 0 fully saturated rings. The molecule has 1 unspecified atom stereocenters. The maximum absolute atomic E-state index is 8.49. The number of fused-ring (bicyclic) bond motifs is 1. The molecule has 0 saturated carbocycles. The number of rotatable bonds is 3. The molecule has 0 saturated heterocycles. The number of benzene rings is 1. The molecule has 1 atom stereocenters. The van der Waals surface area contributed by atoms with Crippen LogP contribution in [0, 0.1) is 28.2 Å². The smallest absolute Gasteiger partial charge is 0.193 e. The van der Waals surface area contributed by atoms with Crippen LogP contribution in [0.3, 0.4) is 0 Å². The Morgan fingerprint density at radius 2 is 1.57 bits per heavy atom. The van der Waals surface area contributed by atoms with Crippen molar-refractivity contribution in [1.29, 1.82) is 0 Å². The molecule has 3 rings (SSSR count). The zero-order valence-electron chi connectivity index (χ0n) is 18.2. The van der Waals surface area contributed by atoms with Crippen molar-refractivity contribution in [2.75, 3.05) is 19.0 Å². The maximum atomic E-state index is 8.49. The first-order chi connectivity index (χ1) is 13.9. The summed E-state index contributed by atoms with van der Waals surface area (Å²) in [7, 11) is -0.806. The molecule has 1 aromatic carbocycles. The molecule has 1 aromatic rings. The lowest BCUT2D eigenvalue weighted by atomic mass is 9.90. The highest BCUT2D eigenvalue weighted by Gasteiger charge is 2.36. The third kappa shape index (κ3) is 6.64. The molecule has 30 heavy (non-hydrogen) atoms. The van der Waals surface area contributed by atoms with Gasteiger partial charge in [-0.15, -0.1) is 10.2 Å². The standard InChI is InChI=1S/C24H28N.ClHO4/c1-16(2)20-10-7-17(3)24-21(13-18(4)23(24)15-20)14-19-8-11-22(12-9-19)25(5)6;2-1(3,4)5/h7-12,14-16,23H,1-6H3;(H,2,3,4,5)/q+1;/p-1/b21-14+;. The fourth-order valence-electron chi connectivity index (χ4n) is 3.50. The van der Waals surface area contributed by atoms with Crippen LogP contribution in [0.4, 0.5) is 5.69 Å². The van der Waals surface area contributed by atoms with Crippen LogP contribution in [0.1, 0.15) is 33.3 Å². The lowest BCUT2D eigenvalue weighted by molar-refractivity contribution is -2.00. The Hall–Kier alpha value is -2.24. The van der Waals surface area contributed by atoms with E-state index < -0.39 is 10.2 Å². The van der Waals surface area contributed by atoms with Gasteiger partial charge in [-0.05, 0) is 55.7 Å². The van der Waals surface area contributed by atoms with Crippen molar-refractivity contribution in [3.05, 3.63) is 82.0 Å². The number of halogens is 1. The minimum absolute atomic E-state index is 0.361. The summed E-state index contributed by atoms with van der Waals surface area (Å²) in [5.41, 5.74) is 9.15. The molecule has 0 spiro atoms. The van der Waals surface area contributed by atoms with Crippen LogP contribution in [0.2, 0.25) is 0 Å². The molecule has 0 radical (unpaired) electrons. The van der Waals surface area contributed by atoms with Crippen LogP contribution >= 0.6 is 0 Å². The molecule has 0 aromatic heterocycles. The monoisotopic (exact) mass is 429 g/mol. The van der Waals surface area contributed by atoms with Crippen LogP contribution in [-0.4, -0.2) is 14.1 Å². The predicted molar refractivity (Wildman–Crippen MR) is 109 cm³/mol. The van der Waals surface area contributed by atoms with Crippen molar-refractivity contribution in [3.63, 3.8) is 0 Å². The lowest BCUT2D eigenvalue weighted by Crippen LogP contribution is -2.68. The Kier molecular flexibility index (Phi) is 7.78. The quantitative estimate of drug-likeness (QED) is 0.673. The highest BCUT2D eigenvalue weighted by atomic mass is 35.7. The van der Waals surface area contributed by atoms with Crippen molar-refractivity contribution in [2.24, 2.45) is 11.8 Å². The van der Waals surface area contributed by atoms with E-state index in [1.165, 1.54) is 39.1 Å². The lowest BCUT2D eigenvalue weighted by Gasteiger charge is -2.17. The average molecular weight is 430 g/mol. The normalized spacial score (nSPS) is 19.6. The molecule has 0 amide bonds. The molecule has 2 aliphatic rings. The van der Waals surface area contributed by atoms with E-state index in [4.69, 9.17) is 18.6 Å². The van der Waals surface area contributed by atoms with Gasteiger partial charge in [-0.25, -0.2) is 18.6 Å². The Bertz CT molecular complexity index is 908. The molecule has 0 aliphatic heterocycles. The van der Waals surface area contributed by atoms with Crippen molar-refractivity contribution >= 4 is 11.8 Å². The zero-order valence-corrected chi connectivity index (χ0v) is 19.0. The molecule has 0 heterocycles. The predicted octanol–water partition coefficient (Wildman–Crippen LogP) is 1.23. The first kappa shape index (κ1) is 24.0. The van der Waals surface area contributed by atoms with E-state index >= 15 is 0 Å². The van der Waals surface area contributed by atoms with Crippen molar-refractivity contribution < 1.29 is 28.9 Å². The minimum atomic E-state index is -4.94. The van der Waals surface area contributed by atoms with Gasteiger partial charge in [0.05, 0.1) is 23.1 Å². The van der Waals surface area contributed by atoms with E-state index in [-0.39, 0.29) is 0 Å². The van der Waals surface area contributed by atoms with Crippen LogP contribution in [-0.2, 0) is 0 Å². The van der Waals surface area contributed by atoms with Gasteiger partial charge in [-0.2, -0.15) is 0 Å². The molecular formula is C24H28ClNO4. The van der Waals surface area contributed by atoms with E-state index in [0.717, 1.165) is 0 Å². The van der Waals surface area contributed by atoms with Gasteiger partial charge >= 0.3 is 0 Å². The first-order valence-corrected chi connectivity index (χ1v) is 10.9. The second kappa shape index (κ2) is 9.71. The number of nitrogens with zero attached hydrogens (tertiary/aromatic N) is 1. The van der Waals surface area contributed by atoms with Crippen LogP contribution in [0.25, 0.3) is 6.08 Å². The maximum Gasteiger partial charge on any atom is 0.193 e. The van der Waals surface area contributed by atoms with E-state index in [2.05, 4.69) is 101 Å². The van der Waals surface area contributed by atoms with Crippen LogP contribution < -0.4 is 23.5 Å². The Labute approximate surface area is 181 Å². The van der Waals surface area contributed by atoms with Gasteiger partial charge in [0.1, 0.15) is 0 Å². The average Bonchev–Trinajstić information content (AvgIpc) is 2.80. The fraction of sp³-hybridized carbons (Fsp3) is 0.333. The number of anilines is 1. The van der Waals surface area contributed by atoms with Gasteiger partial charge in [-0.3, -0.25) is 0 Å². The molecule has 6 heteroatoms. The van der Waals surface area contributed by atoms with Crippen LogP contribution in [0.15, 0.2) is 70.4 Å². The second-order valence-corrected chi connectivity index (χ2v) is 8.71. The van der Waals surface area contributed by atoms with Gasteiger partial charge in [0.15, 0.2) is 5.57 Å². The second-order valence-electron chi connectivity index (χ2n) is 7.96. The van der Waals surface area contributed by atoms with Crippen molar-refractivity contribution in [2.45, 2.75) is 27.7 Å². The summed E-state index contributed by atoms with van der Waals surface area (Å²) in [6.07, 6.45) is 12.9. The summed E-state index contributed by atoms with van der Waals surface area (Å²) in [4.78, 5) is 2.12. The first-order valence-electron chi connectivity index (χ1n) is 9.69. The molecule has 0 bridgehead atoms. The molecule has 5 nitrogen and oxygen atoms in total. The zero-order chi connectivity index (χ0) is 22.6. The molecule has 2 aliphatic carbocycles. The number of allylic oxidation sites excluding steroid dienone is 9. The third-order valence-corrected chi connectivity index (χ3v) is 5.10. The largest absolute Gasteiger partial charge is 0.378 e. The van der Waals surface area contributed by atoms with Gasteiger partial charge in [0.25, 0.3) is 0 Å². The van der Waals surface area contributed by atoms with E-state index in [1.54, 1.807) is 0 Å². The van der Waals surface area contributed by atoms with E-state index in [0.29, 0.717) is 11.8 Å². The number of hydrogen-bond donors (Lipinski definition) is 0.